The molecule has 1 aromatic heterocycles. The maximum absolute atomic E-state index is 11.2. The van der Waals surface area contributed by atoms with Gasteiger partial charge in [0.1, 0.15) is 0 Å². The van der Waals surface area contributed by atoms with Gasteiger partial charge >= 0.3 is 0 Å². The van der Waals surface area contributed by atoms with Crippen molar-refractivity contribution in [1.29, 1.82) is 5.26 Å². The molecule has 1 aromatic carbocycles. The number of ketones is 1. The molecule has 0 atom stereocenters. The van der Waals surface area contributed by atoms with E-state index in [4.69, 9.17) is 5.26 Å². The Morgan fingerprint density at radius 1 is 1.35 bits per heavy atom. The highest BCUT2D eigenvalue weighted by atomic mass is 16.1. The topological polar surface area (TPSA) is 45.8 Å². The van der Waals surface area contributed by atoms with Crippen molar-refractivity contribution >= 4 is 5.78 Å². The van der Waals surface area contributed by atoms with E-state index in [0.29, 0.717) is 17.7 Å². The number of Topliss-reactive ketones (excluding diaryl/α,β-unsaturated/α-hetero) is 1. The summed E-state index contributed by atoms with van der Waals surface area (Å²) in [6.45, 7) is 2.15. The van der Waals surface area contributed by atoms with Crippen LogP contribution in [0, 0.1) is 11.3 Å². The molecule has 0 aliphatic heterocycles. The maximum atomic E-state index is 11.2. The minimum absolute atomic E-state index is 0.0531. The van der Waals surface area contributed by atoms with Crippen molar-refractivity contribution in [3.8, 4) is 6.07 Å². The third-order valence-electron chi connectivity index (χ3n) is 2.65. The lowest BCUT2D eigenvalue weighted by Crippen LogP contribution is -1.99. The highest BCUT2D eigenvalue weighted by Crippen LogP contribution is 2.11. The molecule has 0 N–H and O–H groups in total. The standard InChI is InChI=1S/C14H12N2O/c1-11(17)13-6-7-16(9-13)10-14-5-3-2-4-12(14)8-15/h2-7,9H,10H2,1H3. The predicted molar refractivity (Wildman–Crippen MR) is 64.7 cm³/mol. The van der Waals surface area contributed by atoms with E-state index in [0.717, 1.165) is 5.56 Å². The van der Waals surface area contributed by atoms with Crippen LogP contribution in [0.25, 0.3) is 0 Å². The molecule has 0 aliphatic carbocycles. The number of rotatable bonds is 3. The van der Waals surface area contributed by atoms with Gasteiger partial charge in [-0.15, -0.1) is 0 Å². The van der Waals surface area contributed by atoms with Crippen molar-refractivity contribution in [3.05, 3.63) is 59.4 Å². The van der Waals surface area contributed by atoms with E-state index in [-0.39, 0.29) is 5.78 Å². The van der Waals surface area contributed by atoms with E-state index in [1.807, 2.05) is 29.0 Å². The maximum Gasteiger partial charge on any atom is 0.161 e. The SMILES string of the molecule is CC(=O)c1ccn(Cc2ccccc2C#N)c1. The third-order valence-corrected chi connectivity index (χ3v) is 2.65. The van der Waals surface area contributed by atoms with Crippen LogP contribution >= 0.6 is 0 Å². The fourth-order valence-electron chi connectivity index (χ4n) is 1.71. The van der Waals surface area contributed by atoms with Gasteiger partial charge in [0.15, 0.2) is 5.78 Å². The molecule has 0 aliphatic rings. The number of nitrogens with zero attached hydrogens (tertiary/aromatic N) is 2. The number of carbonyl (C=O) groups excluding carboxylic acids is 1. The molecular formula is C14H12N2O. The molecule has 0 fully saturated rings. The molecule has 1 heterocycles. The van der Waals surface area contributed by atoms with E-state index >= 15 is 0 Å². The second-order valence-electron chi connectivity index (χ2n) is 3.90. The quantitative estimate of drug-likeness (QED) is 0.752. The second kappa shape index (κ2) is 4.67. The Morgan fingerprint density at radius 3 is 2.76 bits per heavy atom. The van der Waals surface area contributed by atoms with Crippen LogP contribution in [0.4, 0.5) is 0 Å². The summed E-state index contributed by atoms with van der Waals surface area (Å²) in [6, 6.07) is 11.4. The summed E-state index contributed by atoms with van der Waals surface area (Å²) in [5, 5.41) is 8.98. The lowest BCUT2D eigenvalue weighted by atomic mass is 10.1. The zero-order valence-corrected chi connectivity index (χ0v) is 9.55. The Kier molecular flexibility index (Phi) is 3.06. The lowest BCUT2D eigenvalue weighted by molar-refractivity contribution is 0.101. The summed E-state index contributed by atoms with van der Waals surface area (Å²) in [7, 11) is 0. The first-order valence-electron chi connectivity index (χ1n) is 5.35. The summed E-state index contributed by atoms with van der Waals surface area (Å²) in [5.41, 5.74) is 2.32. The van der Waals surface area contributed by atoms with Crippen LogP contribution in [0.2, 0.25) is 0 Å². The number of nitriles is 1. The Balaban J connectivity index is 2.26. The van der Waals surface area contributed by atoms with Gasteiger partial charge in [0.05, 0.1) is 11.6 Å². The monoisotopic (exact) mass is 224 g/mol. The van der Waals surface area contributed by atoms with Crippen molar-refractivity contribution in [3.63, 3.8) is 0 Å². The van der Waals surface area contributed by atoms with Crippen LogP contribution < -0.4 is 0 Å². The van der Waals surface area contributed by atoms with Gasteiger partial charge in [0.25, 0.3) is 0 Å². The molecule has 3 nitrogen and oxygen atoms in total. The second-order valence-corrected chi connectivity index (χ2v) is 3.90. The van der Waals surface area contributed by atoms with Crippen LogP contribution in [0.5, 0.6) is 0 Å². The van der Waals surface area contributed by atoms with Gasteiger partial charge in [-0.1, -0.05) is 18.2 Å². The lowest BCUT2D eigenvalue weighted by Gasteiger charge is -2.04. The average Bonchev–Trinajstić information content (AvgIpc) is 2.78. The van der Waals surface area contributed by atoms with Gasteiger partial charge in [-0.25, -0.2) is 0 Å². The van der Waals surface area contributed by atoms with Gasteiger partial charge in [-0.05, 0) is 24.6 Å². The van der Waals surface area contributed by atoms with Crippen LogP contribution in [0.3, 0.4) is 0 Å². The molecule has 0 unspecified atom stereocenters. The number of hydrogen-bond donors (Lipinski definition) is 0. The first-order chi connectivity index (χ1) is 8.20. The van der Waals surface area contributed by atoms with E-state index in [2.05, 4.69) is 6.07 Å². The summed E-state index contributed by atoms with van der Waals surface area (Å²) in [6.07, 6.45) is 3.65. The van der Waals surface area contributed by atoms with Gasteiger partial charge < -0.3 is 4.57 Å². The molecule has 3 heteroatoms. The van der Waals surface area contributed by atoms with Gasteiger partial charge in [-0.3, -0.25) is 4.79 Å². The van der Waals surface area contributed by atoms with Crippen LogP contribution in [-0.2, 0) is 6.54 Å². The van der Waals surface area contributed by atoms with Crippen LogP contribution in [0.1, 0.15) is 28.4 Å². The molecule has 0 saturated carbocycles. The molecular weight excluding hydrogens is 212 g/mol. The minimum Gasteiger partial charge on any atom is -0.349 e. The first kappa shape index (κ1) is 11.2. The normalized spacial score (nSPS) is 9.88. The zero-order valence-electron chi connectivity index (χ0n) is 9.55. The van der Waals surface area contributed by atoms with Gasteiger partial charge in [-0.2, -0.15) is 5.26 Å². The molecule has 0 bridgehead atoms. The summed E-state index contributed by atoms with van der Waals surface area (Å²) in [4.78, 5) is 11.2. The first-order valence-corrected chi connectivity index (χ1v) is 5.35. The van der Waals surface area contributed by atoms with E-state index in [9.17, 15) is 4.79 Å². The molecule has 0 saturated heterocycles. The zero-order chi connectivity index (χ0) is 12.3. The smallest absolute Gasteiger partial charge is 0.161 e. The Labute approximate surface area is 99.9 Å². The summed E-state index contributed by atoms with van der Waals surface area (Å²) in [5.74, 6) is 0.0531. The number of benzene rings is 1. The van der Waals surface area contributed by atoms with E-state index < -0.39 is 0 Å². The molecule has 84 valence electrons. The Bertz CT molecular complexity index is 590. The van der Waals surface area contributed by atoms with E-state index in [1.165, 1.54) is 0 Å². The molecule has 2 rings (SSSR count). The molecule has 0 spiro atoms. The summed E-state index contributed by atoms with van der Waals surface area (Å²) < 4.78 is 1.91. The molecule has 0 amide bonds. The minimum atomic E-state index is 0.0531. The largest absolute Gasteiger partial charge is 0.349 e. The Morgan fingerprint density at radius 2 is 2.12 bits per heavy atom. The number of hydrogen-bond acceptors (Lipinski definition) is 2. The number of carbonyl (C=O) groups is 1. The highest BCUT2D eigenvalue weighted by Gasteiger charge is 2.04. The summed E-state index contributed by atoms with van der Waals surface area (Å²) >= 11 is 0. The fraction of sp³-hybridized carbons (Fsp3) is 0.143. The molecule has 17 heavy (non-hydrogen) atoms. The highest BCUT2D eigenvalue weighted by molar-refractivity contribution is 5.93. The average molecular weight is 224 g/mol. The van der Waals surface area contributed by atoms with E-state index in [1.54, 1.807) is 25.3 Å². The van der Waals surface area contributed by atoms with Crippen molar-refractivity contribution in [2.45, 2.75) is 13.5 Å². The third kappa shape index (κ3) is 2.43. The fourth-order valence-corrected chi connectivity index (χ4v) is 1.71. The van der Waals surface area contributed by atoms with Gasteiger partial charge in [0, 0.05) is 24.5 Å². The van der Waals surface area contributed by atoms with Crippen molar-refractivity contribution in [2.24, 2.45) is 0 Å². The van der Waals surface area contributed by atoms with Crippen LogP contribution in [0.15, 0.2) is 42.7 Å². The van der Waals surface area contributed by atoms with Crippen molar-refractivity contribution in [2.75, 3.05) is 0 Å². The number of aromatic nitrogens is 1. The van der Waals surface area contributed by atoms with Crippen molar-refractivity contribution < 1.29 is 4.79 Å². The van der Waals surface area contributed by atoms with Crippen molar-refractivity contribution in [1.82, 2.24) is 4.57 Å². The predicted octanol–water partition coefficient (Wildman–Crippen LogP) is 2.61. The van der Waals surface area contributed by atoms with Crippen LogP contribution in [-0.4, -0.2) is 10.4 Å². The van der Waals surface area contributed by atoms with Gasteiger partial charge in [0.2, 0.25) is 0 Å². The Hall–Kier alpha value is -2.34. The molecule has 2 aromatic rings. The molecule has 0 radical (unpaired) electrons.